The van der Waals surface area contributed by atoms with Crippen LogP contribution < -0.4 is 5.32 Å². The van der Waals surface area contributed by atoms with Gasteiger partial charge >= 0.3 is 6.03 Å². The molecule has 0 saturated carbocycles. The van der Waals surface area contributed by atoms with Gasteiger partial charge in [0.25, 0.3) is 0 Å². The Bertz CT molecular complexity index is 673. The topological polar surface area (TPSA) is 83.1 Å². The molecule has 0 aliphatic carbocycles. The van der Waals surface area contributed by atoms with Crippen LogP contribution in [0.5, 0.6) is 0 Å². The van der Waals surface area contributed by atoms with Crippen molar-refractivity contribution in [3.63, 3.8) is 0 Å². The number of hydrogen-bond acceptors (Lipinski definition) is 4. The molecule has 1 fully saturated rings. The first-order chi connectivity index (χ1) is 12.2. The average Bonchev–Trinajstić information content (AvgIpc) is 3.08. The molecule has 134 valence electrons. The van der Waals surface area contributed by atoms with Gasteiger partial charge in [0.2, 0.25) is 5.95 Å². The van der Waals surface area contributed by atoms with E-state index in [-0.39, 0.29) is 12.1 Å². The van der Waals surface area contributed by atoms with Gasteiger partial charge in [0.05, 0.1) is 12.7 Å². The second-order valence-electron chi connectivity index (χ2n) is 6.29. The number of aromatic nitrogens is 3. The van der Waals surface area contributed by atoms with Crippen molar-refractivity contribution < 1.29 is 9.53 Å². The zero-order valence-corrected chi connectivity index (χ0v) is 14.6. The predicted molar refractivity (Wildman–Crippen MR) is 95.2 cm³/mol. The third-order valence-corrected chi connectivity index (χ3v) is 4.23. The lowest BCUT2D eigenvalue weighted by molar-refractivity contribution is 0.00100. The van der Waals surface area contributed by atoms with Crippen LogP contribution in [0.15, 0.2) is 30.3 Å². The van der Waals surface area contributed by atoms with Crippen LogP contribution >= 0.6 is 0 Å². The Hall–Kier alpha value is -2.41. The molecule has 0 spiro atoms. The van der Waals surface area contributed by atoms with Gasteiger partial charge in [-0.15, -0.1) is 5.10 Å². The number of amides is 2. The number of aromatic amines is 1. The monoisotopic (exact) mass is 343 g/mol. The Labute approximate surface area is 147 Å². The Kier molecular flexibility index (Phi) is 6.00. The van der Waals surface area contributed by atoms with E-state index in [1.54, 1.807) is 4.90 Å². The fourth-order valence-corrected chi connectivity index (χ4v) is 2.92. The number of piperidine rings is 1. The number of ether oxygens (including phenoxy) is 1. The fourth-order valence-electron chi connectivity index (χ4n) is 2.92. The van der Waals surface area contributed by atoms with E-state index in [0.29, 0.717) is 19.1 Å². The molecule has 1 aliphatic heterocycles. The first kappa shape index (κ1) is 17.4. The number of rotatable bonds is 6. The summed E-state index contributed by atoms with van der Waals surface area (Å²) in [4.78, 5) is 18.5. The van der Waals surface area contributed by atoms with Crippen LogP contribution in [0.25, 0.3) is 0 Å². The van der Waals surface area contributed by atoms with Gasteiger partial charge in [-0.05, 0) is 24.8 Å². The largest absolute Gasteiger partial charge is 0.372 e. The smallest absolute Gasteiger partial charge is 0.324 e. The van der Waals surface area contributed by atoms with Gasteiger partial charge in [-0.25, -0.2) is 4.79 Å². The number of urea groups is 1. The van der Waals surface area contributed by atoms with Gasteiger partial charge in [0, 0.05) is 19.5 Å². The van der Waals surface area contributed by atoms with E-state index in [1.165, 1.54) is 0 Å². The molecule has 3 rings (SSSR count). The minimum Gasteiger partial charge on any atom is -0.372 e. The van der Waals surface area contributed by atoms with E-state index >= 15 is 0 Å². The van der Waals surface area contributed by atoms with Crippen LogP contribution in [-0.2, 0) is 17.8 Å². The summed E-state index contributed by atoms with van der Waals surface area (Å²) in [5.74, 6) is 1.13. The number of likely N-dealkylation sites (tertiary alicyclic amines) is 1. The number of nitrogens with one attached hydrogen (secondary N) is 2. The van der Waals surface area contributed by atoms with Gasteiger partial charge in [-0.3, -0.25) is 10.4 Å². The molecule has 0 bridgehead atoms. The van der Waals surface area contributed by atoms with E-state index in [1.807, 2.05) is 30.3 Å². The fraction of sp³-hybridized carbons (Fsp3) is 0.500. The highest BCUT2D eigenvalue weighted by molar-refractivity contribution is 5.87. The molecule has 2 N–H and O–H groups in total. The standard InChI is InChI=1S/C18H25N5O2/c1-2-7-16-19-17(22-21-16)20-18(24)23-11-6-10-15(12-23)25-13-14-8-4-3-5-9-14/h3-5,8-9,15H,2,6-7,10-13H2,1H3,(H2,19,20,21,22,24)/t15-/m1/s1. The summed E-state index contributed by atoms with van der Waals surface area (Å²) in [5, 5.41) is 9.64. The molecule has 1 aromatic heterocycles. The Morgan fingerprint density at radius 1 is 1.40 bits per heavy atom. The number of H-pyrrole nitrogens is 1. The van der Waals surface area contributed by atoms with Crippen LogP contribution in [-0.4, -0.2) is 45.3 Å². The maximum Gasteiger partial charge on any atom is 0.324 e. The second kappa shape index (κ2) is 8.62. The molecule has 1 aliphatic rings. The minimum atomic E-state index is -0.171. The molecule has 7 nitrogen and oxygen atoms in total. The lowest BCUT2D eigenvalue weighted by Crippen LogP contribution is -2.45. The molecule has 2 amide bonds. The van der Waals surface area contributed by atoms with Crippen molar-refractivity contribution in [2.45, 2.75) is 45.3 Å². The number of aryl methyl sites for hydroxylation is 1. The number of hydrogen-bond donors (Lipinski definition) is 2. The van der Waals surface area contributed by atoms with Crippen molar-refractivity contribution in [2.75, 3.05) is 18.4 Å². The molecular formula is C18H25N5O2. The predicted octanol–water partition coefficient (Wildman–Crippen LogP) is 2.97. The zero-order chi connectivity index (χ0) is 17.5. The second-order valence-corrected chi connectivity index (χ2v) is 6.29. The molecule has 1 saturated heterocycles. The van der Waals surface area contributed by atoms with Gasteiger partial charge in [0.1, 0.15) is 5.82 Å². The Morgan fingerprint density at radius 2 is 2.24 bits per heavy atom. The molecule has 2 aromatic rings. The summed E-state index contributed by atoms with van der Waals surface area (Å²) in [7, 11) is 0. The molecule has 1 aromatic carbocycles. The summed E-state index contributed by atoms with van der Waals surface area (Å²) < 4.78 is 5.98. The summed E-state index contributed by atoms with van der Waals surface area (Å²) in [5.41, 5.74) is 1.15. The van der Waals surface area contributed by atoms with E-state index in [0.717, 1.165) is 43.6 Å². The van der Waals surface area contributed by atoms with E-state index < -0.39 is 0 Å². The quantitative estimate of drug-likeness (QED) is 0.845. The molecule has 1 atom stereocenters. The van der Waals surface area contributed by atoms with Gasteiger partial charge in [-0.1, -0.05) is 37.3 Å². The summed E-state index contributed by atoms with van der Waals surface area (Å²) >= 11 is 0. The molecule has 7 heteroatoms. The Morgan fingerprint density at radius 3 is 3.04 bits per heavy atom. The van der Waals surface area contributed by atoms with Crippen LogP contribution in [0.4, 0.5) is 10.7 Å². The number of nitrogens with zero attached hydrogens (tertiary/aromatic N) is 3. The number of carbonyl (C=O) groups is 1. The van der Waals surface area contributed by atoms with Crippen LogP contribution in [0.1, 0.15) is 37.6 Å². The maximum absolute atomic E-state index is 12.4. The molecule has 25 heavy (non-hydrogen) atoms. The lowest BCUT2D eigenvalue weighted by atomic mass is 10.1. The maximum atomic E-state index is 12.4. The van der Waals surface area contributed by atoms with Crippen molar-refractivity contribution in [1.82, 2.24) is 20.1 Å². The molecule has 2 heterocycles. The first-order valence-electron chi connectivity index (χ1n) is 8.87. The normalized spacial score (nSPS) is 17.5. The summed E-state index contributed by atoms with van der Waals surface area (Å²) in [6, 6.07) is 9.92. The third-order valence-electron chi connectivity index (χ3n) is 4.23. The molecule has 0 radical (unpaired) electrons. The van der Waals surface area contributed by atoms with Gasteiger partial charge in [-0.2, -0.15) is 4.98 Å². The van der Waals surface area contributed by atoms with E-state index in [2.05, 4.69) is 27.4 Å². The number of anilines is 1. The van der Waals surface area contributed by atoms with Crippen LogP contribution in [0.3, 0.4) is 0 Å². The molecule has 0 unspecified atom stereocenters. The van der Waals surface area contributed by atoms with Crippen molar-refractivity contribution in [1.29, 1.82) is 0 Å². The van der Waals surface area contributed by atoms with Crippen molar-refractivity contribution in [3.05, 3.63) is 41.7 Å². The van der Waals surface area contributed by atoms with E-state index in [9.17, 15) is 4.79 Å². The van der Waals surface area contributed by atoms with Crippen molar-refractivity contribution >= 4 is 12.0 Å². The number of benzene rings is 1. The molecular weight excluding hydrogens is 318 g/mol. The SMILES string of the molecule is CCCc1nc(NC(=O)N2CCC[C@@H](OCc3ccccc3)C2)n[nH]1. The Balaban J connectivity index is 1.49. The summed E-state index contributed by atoms with van der Waals surface area (Å²) in [6.45, 7) is 3.96. The highest BCUT2D eigenvalue weighted by Crippen LogP contribution is 2.16. The van der Waals surface area contributed by atoms with Crippen LogP contribution in [0, 0.1) is 0 Å². The highest BCUT2D eigenvalue weighted by atomic mass is 16.5. The van der Waals surface area contributed by atoms with Crippen molar-refractivity contribution in [3.8, 4) is 0 Å². The van der Waals surface area contributed by atoms with Gasteiger partial charge < -0.3 is 9.64 Å². The van der Waals surface area contributed by atoms with Gasteiger partial charge in [0.15, 0.2) is 0 Å². The zero-order valence-electron chi connectivity index (χ0n) is 14.6. The van der Waals surface area contributed by atoms with Crippen LogP contribution in [0.2, 0.25) is 0 Å². The third kappa shape index (κ3) is 5.03. The first-order valence-corrected chi connectivity index (χ1v) is 8.87. The average molecular weight is 343 g/mol. The number of carbonyl (C=O) groups excluding carboxylic acids is 1. The summed E-state index contributed by atoms with van der Waals surface area (Å²) in [6.07, 6.45) is 3.76. The minimum absolute atomic E-state index is 0.0579. The lowest BCUT2D eigenvalue weighted by Gasteiger charge is -2.32. The highest BCUT2D eigenvalue weighted by Gasteiger charge is 2.25. The van der Waals surface area contributed by atoms with E-state index in [4.69, 9.17) is 4.74 Å². The van der Waals surface area contributed by atoms with Crippen molar-refractivity contribution in [2.24, 2.45) is 0 Å².